The number of ether oxygens (including phenoxy) is 1. The minimum atomic E-state index is -0.855. The normalized spacial score (nSPS) is 14.7. The molecule has 1 heterocycles. The molecule has 0 spiro atoms. The first kappa shape index (κ1) is 28.1. The zero-order chi connectivity index (χ0) is 27.2. The molecule has 2 aromatic carbocycles. The van der Waals surface area contributed by atoms with E-state index in [4.69, 9.17) is 27.9 Å². The van der Waals surface area contributed by atoms with E-state index < -0.39 is 5.97 Å². The summed E-state index contributed by atoms with van der Waals surface area (Å²) in [6, 6.07) is 12.6. The number of carboxylic acids is 1. The number of rotatable bonds is 12. The molecule has 1 atom stereocenters. The average molecular weight is 562 g/mol. The van der Waals surface area contributed by atoms with Gasteiger partial charge in [-0.25, -0.2) is 4.79 Å². The van der Waals surface area contributed by atoms with Crippen molar-refractivity contribution in [1.29, 1.82) is 0 Å². The zero-order valence-corrected chi connectivity index (χ0v) is 22.9. The molecule has 0 aliphatic heterocycles. The lowest BCUT2D eigenvalue weighted by molar-refractivity contribution is -0.138. The molecule has 0 radical (unpaired) electrons. The molecular weight excluding hydrogens is 529 g/mol. The van der Waals surface area contributed by atoms with E-state index in [9.17, 15) is 19.8 Å². The van der Waals surface area contributed by atoms with Crippen LogP contribution in [0.3, 0.4) is 0 Å². The predicted octanol–water partition coefficient (Wildman–Crippen LogP) is 5.49. The maximum absolute atomic E-state index is 12.0. The number of aliphatic carboxylic acids is 1. The topological polar surface area (TPSA) is 96.9 Å². The largest absolute Gasteiger partial charge is 0.493 e. The van der Waals surface area contributed by atoms with Gasteiger partial charge in [-0.3, -0.25) is 18.8 Å². The van der Waals surface area contributed by atoms with Gasteiger partial charge in [0.1, 0.15) is 12.4 Å². The highest BCUT2D eigenvalue weighted by atomic mass is 35.5. The quantitative estimate of drug-likeness (QED) is 0.303. The van der Waals surface area contributed by atoms with Crippen molar-refractivity contribution < 1.29 is 19.7 Å². The van der Waals surface area contributed by atoms with Gasteiger partial charge in [0.15, 0.2) is 0 Å². The Hall–Kier alpha value is -2.94. The number of aryl methyl sites for hydroxylation is 1. The Balaban J connectivity index is 1.50. The van der Waals surface area contributed by atoms with E-state index >= 15 is 0 Å². The highest BCUT2D eigenvalue weighted by molar-refractivity contribution is 6.32. The number of benzene rings is 2. The highest BCUT2D eigenvalue weighted by Gasteiger charge is 2.27. The summed E-state index contributed by atoms with van der Waals surface area (Å²) >= 11 is 12.7. The van der Waals surface area contributed by atoms with Gasteiger partial charge in [0, 0.05) is 31.2 Å². The van der Waals surface area contributed by atoms with Crippen LogP contribution in [0.1, 0.15) is 49.3 Å². The Morgan fingerprint density at radius 1 is 1.16 bits per heavy atom. The van der Waals surface area contributed by atoms with Gasteiger partial charge in [0.2, 0.25) is 5.88 Å². The maximum atomic E-state index is 12.0. The van der Waals surface area contributed by atoms with E-state index in [0.717, 1.165) is 30.5 Å². The van der Waals surface area contributed by atoms with Crippen molar-refractivity contribution >= 4 is 29.2 Å². The summed E-state index contributed by atoms with van der Waals surface area (Å²) in [6.45, 7) is 1.66. The molecule has 1 aliphatic rings. The highest BCUT2D eigenvalue weighted by Crippen LogP contribution is 2.34. The van der Waals surface area contributed by atoms with Crippen LogP contribution < -0.4 is 10.4 Å². The standard InChI is InChI=1S/C28H33Cl2N3O5/c1-31-18-26(34)33(28(31)37)12-13-38-25-11-6-20(14-23(25)30)17-32(16-19-4-2-3-5-19)24(15-27(35)36)21-7-9-22(29)10-8-21/h6-11,14,18-19,24,34H,2-5,12-13,15-17H2,1H3,(H,35,36). The lowest BCUT2D eigenvalue weighted by atomic mass is 9.98. The van der Waals surface area contributed by atoms with Gasteiger partial charge in [0.05, 0.1) is 24.2 Å². The molecule has 1 aromatic heterocycles. The SMILES string of the molecule is Cn1cc(O)n(CCOc2ccc(CN(CC3CCCC3)C(CC(=O)O)c3ccc(Cl)cc3)cc2Cl)c1=O. The summed E-state index contributed by atoms with van der Waals surface area (Å²) < 4.78 is 8.32. The van der Waals surface area contributed by atoms with Gasteiger partial charge < -0.3 is 14.9 Å². The Morgan fingerprint density at radius 2 is 1.87 bits per heavy atom. The lowest BCUT2D eigenvalue weighted by Gasteiger charge is -2.33. The van der Waals surface area contributed by atoms with Crippen molar-refractivity contribution in [3.63, 3.8) is 0 Å². The van der Waals surface area contributed by atoms with Crippen LogP contribution in [0, 0.1) is 5.92 Å². The van der Waals surface area contributed by atoms with E-state index in [1.54, 1.807) is 25.2 Å². The van der Waals surface area contributed by atoms with Gasteiger partial charge in [-0.2, -0.15) is 0 Å². The lowest BCUT2D eigenvalue weighted by Crippen LogP contribution is -2.34. The number of nitrogens with zero attached hydrogens (tertiary/aromatic N) is 3. The van der Waals surface area contributed by atoms with Crippen LogP contribution in [0.15, 0.2) is 53.5 Å². The number of carboxylic acid groups (broad SMARTS) is 1. The van der Waals surface area contributed by atoms with Gasteiger partial charge >= 0.3 is 11.7 Å². The predicted molar refractivity (Wildman–Crippen MR) is 147 cm³/mol. The molecule has 8 nitrogen and oxygen atoms in total. The second kappa shape index (κ2) is 12.7. The van der Waals surface area contributed by atoms with E-state index in [2.05, 4.69) is 4.90 Å². The minimum absolute atomic E-state index is 0.0189. The number of hydrogen-bond acceptors (Lipinski definition) is 5. The van der Waals surface area contributed by atoms with Crippen LogP contribution in [-0.2, 0) is 24.9 Å². The molecule has 38 heavy (non-hydrogen) atoms. The summed E-state index contributed by atoms with van der Waals surface area (Å²) in [4.78, 5) is 26.1. The van der Waals surface area contributed by atoms with Crippen molar-refractivity contribution in [2.45, 2.75) is 51.2 Å². The fourth-order valence-corrected chi connectivity index (χ4v) is 5.56. The molecule has 0 saturated heterocycles. The van der Waals surface area contributed by atoms with Crippen LogP contribution in [-0.4, -0.2) is 43.4 Å². The monoisotopic (exact) mass is 561 g/mol. The maximum Gasteiger partial charge on any atom is 0.330 e. The molecule has 2 N–H and O–H groups in total. The van der Waals surface area contributed by atoms with Crippen LogP contribution in [0.4, 0.5) is 0 Å². The summed E-state index contributed by atoms with van der Waals surface area (Å²) in [5.41, 5.74) is 1.54. The molecular formula is C28H33Cl2N3O5. The molecule has 3 aromatic rings. The summed E-state index contributed by atoms with van der Waals surface area (Å²) in [7, 11) is 1.57. The van der Waals surface area contributed by atoms with Crippen LogP contribution in [0.5, 0.6) is 11.6 Å². The fraction of sp³-hybridized carbons (Fsp3) is 0.429. The zero-order valence-electron chi connectivity index (χ0n) is 21.4. The van der Waals surface area contributed by atoms with E-state index in [0.29, 0.717) is 28.3 Å². The van der Waals surface area contributed by atoms with Crippen molar-refractivity contribution in [1.82, 2.24) is 14.0 Å². The number of imidazole rings is 1. The second-order valence-electron chi connectivity index (χ2n) is 9.89. The van der Waals surface area contributed by atoms with E-state index in [-0.39, 0.29) is 37.2 Å². The summed E-state index contributed by atoms with van der Waals surface area (Å²) in [5, 5.41) is 20.7. The first-order valence-corrected chi connectivity index (χ1v) is 13.5. The van der Waals surface area contributed by atoms with Crippen molar-refractivity contribution in [3.8, 4) is 11.6 Å². The Morgan fingerprint density at radius 3 is 2.47 bits per heavy atom. The smallest absolute Gasteiger partial charge is 0.330 e. The Labute approximate surface area is 232 Å². The molecule has 10 heteroatoms. The third-order valence-electron chi connectivity index (χ3n) is 7.10. The molecule has 4 rings (SSSR count). The third-order valence-corrected chi connectivity index (χ3v) is 7.65. The molecule has 204 valence electrons. The molecule has 0 amide bonds. The van der Waals surface area contributed by atoms with Crippen LogP contribution in [0.2, 0.25) is 10.0 Å². The first-order valence-electron chi connectivity index (χ1n) is 12.8. The van der Waals surface area contributed by atoms with Crippen molar-refractivity contribution in [3.05, 3.63) is 80.3 Å². The molecule has 1 fully saturated rings. The Kier molecular flexibility index (Phi) is 9.41. The van der Waals surface area contributed by atoms with Crippen molar-refractivity contribution in [2.24, 2.45) is 13.0 Å². The Bertz CT molecular complexity index is 1300. The molecule has 1 saturated carbocycles. The summed E-state index contributed by atoms with van der Waals surface area (Å²) in [6.07, 6.45) is 6.02. The van der Waals surface area contributed by atoms with Crippen LogP contribution >= 0.6 is 23.2 Å². The van der Waals surface area contributed by atoms with E-state index in [1.807, 2.05) is 24.3 Å². The van der Waals surface area contributed by atoms with Gasteiger partial charge in [0.25, 0.3) is 0 Å². The van der Waals surface area contributed by atoms with Gasteiger partial charge in [-0.15, -0.1) is 0 Å². The number of carbonyl (C=O) groups is 1. The number of aromatic nitrogens is 2. The number of aromatic hydroxyl groups is 1. The summed E-state index contributed by atoms with van der Waals surface area (Å²) in [5.74, 6) is 0.0173. The minimum Gasteiger partial charge on any atom is -0.493 e. The van der Waals surface area contributed by atoms with E-state index in [1.165, 1.54) is 28.2 Å². The van der Waals surface area contributed by atoms with Crippen LogP contribution in [0.25, 0.3) is 0 Å². The fourth-order valence-electron chi connectivity index (χ4n) is 5.17. The molecule has 0 bridgehead atoms. The molecule has 1 unspecified atom stereocenters. The van der Waals surface area contributed by atoms with Gasteiger partial charge in [-0.05, 0) is 54.2 Å². The second-order valence-corrected chi connectivity index (χ2v) is 10.7. The average Bonchev–Trinajstić information content (AvgIpc) is 3.47. The number of halogens is 2. The number of hydrogen-bond donors (Lipinski definition) is 2. The first-order chi connectivity index (χ1) is 18.2. The van der Waals surface area contributed by atoms with Crippen molar-refractivity contribution in [2.75, 3.05) is 13.2 Å². The molecule has 1 aliphatic carbocycles. The third kappa shape index (κ3) is 7.12. The van der Waals surface area contributed by atoms with Gasteiger partial charge in [-0.1, -0.05) is 54.2 Å².